The molecule has 2 N–H and O–H groups in total. The maximum Gasteiger partial charge on any atom is 0.190 e. The summed E-state index contributed by atoms with van der Waals surface area (Å²) in [5.41, 5.74) is 6.03. The van der Waals surface area contributed by atoms with Crippen LogP contribution in [0, 0.1) is 0 Å². The van der Waals surface area contributed by atoms with Crippen molar-refractivity contribution in [1.82, 2.24) is 9.88 Å². The Balaban J connectivity index is 1.21. The second kappa shape index (κ2) is 10.6. The van der Waals surface area contributed by atoms with Gasteiger partial charge >= 0.3 is 0 Å². The van der Waals surface area contributed by atoms with E-state index in [1.165, 1.54) is 22.5 Å². The second-order valence-corrected chi connectivity index (χ2v) is 9.93. The monoisotopic (exact) mass is 477 g/mol. The molecule has 3 aliphatic heterocycles. The summed E-state index contributed by atoms with van der Waals surface area (Å²) in [6.45, 7) is 12.5. The highest BCUT2D eigenvalue weighted by molar-refractivity contribution is 5.81. The Morgan fingerprint density at radius 1 is 1.32 bits per heavy atom. The van der Waals surface area contributed by atoms with Crippen molar-refractivity contribution < 1.29 is 29.3 Å². The topological polar surface area (TPSA) is 106 Å². The van der Waals surface area contributed by atoms with Crippen LogP contribution in [0.3, 0.4) is 0 Å². The number of aliphatic hydroxyl groups is 2. The molecule has 1 aromatic rings. The van der Waals surface area contributed by atoms with E-state index in [1.807, 2.05) is 6.92 Å². The van der Waals surface area contributed by atoms with Gasteiger partial charge in [0.2, 0.25) is 0 Å². The number of pyridine rings is 1. The summed E-state index contributed by atoms with van der Waals surface area (Å²) in [5.74, 6) is -0.812. The maximum atomic E-state index is 10.4. The van der Waals surface area contributed by atoms with Crippen molar-refractivity contribution in [1.29, 1.82) is 0 Å². The minimum Gasteiger partial charge on any atom is -0.393 e. The van der Waals surface area contributed by atoms with Gasteiger partial charge in [-0.25, -0.2) is 0 Å². The molecule has 0 aliphatic carbocycles. The van der Waals surface area contributed by atoms with Crippen LogP contribution < -0.4 is 0 Å². The molecule has 0 radical (unpaired) electrons. The molecule has 5 atom stereocenters. The summed E-state index contributed by atoms with van der Waals surface area (Å²) < 4.78 is 16.9. The Kier molecular flexibility index (Phi) is 7.91. The van der Waals surface area contributed by atoms with Crippen LogP contribution in [0.2, 0.25) is 0 Å². The van der Waals surface area contributed by atoms with E-state index in [0.717, 1.165) is 51.0 Å². The molecule has 0 amide bonds. The van der Waals surface area contributed by atoms with E-state index in [9.17, 15) is 10.2 Å². The van der Waals surface area contributed by atoms with Crippen molar-refractivity contribution in [2.75, 3.05) is 19.7 Å². The fourth-order valence-electron chi connectivity index (χ4n) is 4.94. The van der Waals surface area contributed by atoms with Crippen molar-refractivity contribution in [2.24, 2.45) is 5.16 Å². The lowest BCUT2D eigenvalue weighted by atomic mass is 9.99. The lowest BCUT2D eigenvalue weighted by Gasteiger charge is -2.29. The summed E-state index contributed by atoms with van der Waals surface area (Å²) >= 11 is 0. The zero-order valence-electron chi connectivity index (χ0n) is 21.0. The van der Waals surface area contributed by atoms with Crippen molar-refractivity contribution in [2.45, 2.75) is 103 Å². The minimum absolute atomic E-state index is 0.0792. The first-order chi connectivity index (χ1) is 16.2. The van der Waals surface area contributed by atoms with Crippen LogP contribution in [0.4, 0.5) is 0 Å². The first-order valence-corrected chi connectivity index (χ1v) is 12.5. The van der Waals surface area contributed by atoms with E-state index in [2.05, 4.69) is 30.0 Å². The van der Waals surface area contributed by atoms with E-state index in [-0.39, 0.29) is 6.61 Å². The van der Waals surface area contributed by atoms with Crippen LogP contribution in [-0.4, -0.2) is 82.0 Å². The third kappa shape index (κ3) is 5.61. The molecular weight excluding hydrogens is 438 g/mol. The van der Waals surface area contributed by atoms with Gasteiger partial charge in [0.05, 0.1) is 5.71 Å². The average molecular weight is 478 g/mol. The molecule has 0 bridgehead atoms. The molecule has 4 rings (SSSR count). The van der Waals surface area contributed by atoms with Gasteiger partial charge in [-0.1, -0.05) is 25.1 Å². The van der Waals surface area contributed by atoms with Crippen LogP contribution in [-0.2, 0) is 44.9 Å². The molecule has 34 heavy (non-hydrogen) atoms. The molecule has 0 saturated carbocycles. The van der Waals surface area contributed by atoms with Gasteiger partial charge < -0.3 is 29.3 Å². The molecule has 3 aliphatic rings. The summed E-state index contributed by atoms with van der Waals surface area (Å²) in [6.07, 6.45) is -0.443. The summed E-state index contributed by atoms with van der Waals surface area (Å²) in [5, 5.41) is 25.0. The highest BCUT2D eigenvalue weighted by Crippen LogP contribution is 2.38. The number of ether oxygens (including phenoxy) is 3. The smallest absolute Gasteiger partial charge is 0.190 e. The van der Waals surface area contributed by atoms with Crippen molar-refractivity contribution in [3.63, 3.8) is 0 Å². The standard InChI is InChI=1S/C25H39N3O6/c1-6-16-12-17-13-28(11-9-19(17)26-18(16)7-2)10-8-15(3)27-31-14-20(29)22-21(30)23-24(32-22)34-25(4,5)33-23/h12,20-24,29-30H,6-11,13-14H2,1-5H3/b27-15+/t20-,21+,22+,23-,24-/m1/s1. The quantitative estimate of drug-likeness (QED) is 0.411. The molecule has 2 saturated heterocycles. The number of oxime groups is 1. The SMILES string of the molecule is CCc1cc2c(nc1CC)CCN(CC/C(C)=N/OC[C@@H](O)[C@@H]1O[C@@H]3OC(C)(C)O[C@@H]3[C@H]1O)C2. The van der Waals surface area contributed by atoms with Gasteiger partial charge in [0.15, 0.2) is 12.1 Å². The number of aryl methyl sites for hydroxylation is 2. The number of hydrogen-bond donors (Lipinski definition) is 2. The molecule has 9 heteroatoms. The molecule has 190 valence electrons. The van der Waals surface area contributed by atoms with E-state index in [0.29, 0.717) is 0 Å². The Labute approximate surface area is 202 Å². The molecular formula is C25H39N3O6. The summed E-state index contributed by atoms with van der Waals surface area (Å²) in [7, 11) is 0. The van der Waals surface area contributed by atoms with Crippen LogP contribution in [0.1, 0.15) is 63.6 Å². The van der Waals surface area contributed by atoms with Gasteiger partial charge in [-0.15, -0.1) is 0 Å². The molecule has 4 heterocycles. The lowest BCUT2D eigenvalue weighted by molar-refractivity contribution is -0.228. The maximum absolute atomic E-state index is 10.4. The Bertz CT molecular complexity index is 892. The highest BCUT2D eigenvalue weighted by atomic mass is 16.8. The lowest BCUT2D eigenvalue weighted by Crippen LogP contribution is -2.42. The largest absolute Gasteiger partial charge is 0.393 e. The van der Waals surface area contributed by atoms with Crippen molar-refractivity contribution >= 4 is 5.71 Å². The zero-order valence-corrected chi connectivity index (χ0v) is 21.0. The first kappa shape index (κ1) is 25.5. The predicted molar refractivity (Wildman–Crippen MR) is 126 cm³/mol. The van der Waals surface area contributed by atoms with Crippen molar-refractivity contribution in [3.05, 3.63) is 28.6 Å². The van der Waals surface area contributed by atoms with Gasteiger partial charge in [0, 0.05) is 43.9 Å². The zero-order chi connectivity index (χ0) is 24.5. The number of aromatic nitrogens is 1. The number of fused-ring (bicyclic) bond motifs is 2. The van der Waals surface area contributed by atoms with Gasteiger partial charge in [0.25, 0.3) is 0 Å². The molecule has 1 aromatic heterocycles. The summed E-state index contributed by atoms with van der Waals surface area (Å²) in [4.78, 5) is 12.7. The summed E-state index contributed by atoms with van der Waals surface area (Å²) in [6, 6.07) is 2.34. The number of aliphatic hydroxyl groups excluding tert-OH is 2. The first-order valence-electron chi connectivity index (χ1n) is 12.5. The average Bonchev–Trinajstić information content (AvgIpc) is 3.28. The third-order valence-electron chi connectivity index (χ3n) is 6.82. The molecule has 0 unspecified atom stereocenters. The molecule has 0 aromatic carbocycles. The van der Waals surface area contributed by atoms with Crippen LogP contribution in [0.25, 0.3) is 0 Å². The van der Waals surface area contributed by atoms with E-state index >= 15 is 0 Å². The van der Waals surface area contributed by atoms with Crippen LogP contribution >= 0.6 is 0 Å². The van der Waals surface area contributed by atoms with E-state index < -0.39 is 36.5 Å². The highest BCUT2D eigenvalue weighted by Gasteiger charge is 2.56. The Hall–Kier alpha value is -1.62. The third-order valence-corrected chi connectivity index (χ3v) is 6.82. The second-order valence-electron chi connectivity index (χ2n) is 9.93. The van der Waals surface area contributed by atoms with Gasteiger partial charge in [0.1, 0.15) is 31.0 Å². The number of rotatable bonds is 9. The number of nitrogens with zero attached hydrogens (tertiary/aromatic N) is 3. The Morgan fingerprint density at radius 3 is 2.82 bits per heavy atom. The molecule has 9 nitrogen and oxygen atoms in total. The Morgan fingerprint density at radius 2 is 2.12 bits per heavy atom. The minimum atomic E-state index is -1.04. The van der Waals surface area contributed by atoms with Gasteiger partial charge in [-0.3, -0.25) is 9.88 Å². The van der Waals surface area contributed by atoms with Crippen LogP contribution in [0.15, 0.2) is 11.2 Å². The van der Waals surface area contributed by atoms with E-state index in [4.69, 9.17) is 24.0 Å². The number of hydrogen-bond acceptors (Lipinski definition) is 9. The van der Waals surface area contributed by atoms with E-state index in [1.54, 1.807) is 13.8 Å². The van der Waals surface area contributed by atoms with Gasteiger partial charge in [-0.2, -0.15) is 0 Å². The van der Waals surface area contributed by atoms with Crippen molar-refractivity contribution in [3.8, 4) is 0 Å². The van der Waals surface area contributed by atoms with Gasteiger partial charge in [-0.05, 0) is 44.7 Å². The fourth-order valence-corrected chi connectivity index (χ4v) is 4.94. The van der Waals surface area contributed by atoms with Crippen LogP contribution in [0.5, 0.6) is 0 Å². The molecule has 2 fully saturated rings. The fraction of sp³-hybridized carbons (Fsp3) is 0.760. The normalized spacial score (nSPS) is 29.7. The molecule has 0 spiro atoms. The predicted octanol–water partition coefficient (Wildman–Crippen LogP) is 1.95.